The number of aryl methyl sites for hydroxylation is 1. The summed E-state index contributed by atoms with van der Waals surface area (Å²) in [5.41, 5.74) is 7.79. The average Bonchev–Trinajstić information content (AvgIpc) is 3.40. The van der Waals surface area contributed by atoms with Gasteiger partial charge in [-0.1, -0.05) is 79.0 Å². The van der Waals surface area contributed by atoms with Gasteiger partial charge in [-0.15, -0.1) is 0 Å². The van der Waals surface area contributed by atoms with Crippen molar-refractivity contribution in [2.24, 2.45) is 5.41 Å². The maximum atomic E-state index is 13.7. The van der Waals surface area contributed by atoms with E-state index in [1.54, 1.807) is 35.7 Å². The number of aromatic nitrogens is 2. The molecular formula is C32H32Cl2N6OS. The number of halogens is 2. The highest BCUT2D eigenvalue weighted by Crippen LogP contribution is 2.26. The molecule has 10 heteroatoms. The van der Waals surface area contributed by atoms with Crippen LogP contribution in [0, 0.1) is 23.7 Å². The molecule has 0 aliphatic heterocycles. The van der Waals surface area contributed by atoms with Gasteiger partial charge >= 0.3 is 0 Å². The van der Waals surface area contributed by atoms with Gasteiger partial charge in [0, 0.05) is 49.0 Å². The molecule has 4 rings (SSSR count). The Hall–Kier alpha value is -3.74. The normalized spacial score (nSPS) is 11.1. The maximum Gasteiger partial charge on any atom is 0.188 e. The number of thiocarbonyl (C=S) groups is 1. The molecule has 3 aromatic carbocycles. The van der Waals surface area contributed by atoms with Crippen LogP contribution in [0.4, 0.5) is 5.69 Å². The van der Waals surface area contributed by atoms with E-state index in [1.807, 2.05) is 73.9 Å². The minimum atomic E-state index is -0.784. The Labute approximate surface area is 262 Å². The lowest BCUT2D eigenvalue weighted by Gasteiger charge is -2.34. The second kappa shape index (κ2) is 14.0. The summed E-state index contributed by atoms with van der Waals surface area (Å²) in [7, 11) is 0. The molecule has 216 valence electrons. The number of hydrazine groups is 1. The van der Waals surface area contributed by atoms with Crippen molar-refractivity contribution in [2.75, 3.05) is 11.9 Å². The fourth-order valence-corrected chi connectivity index (χ4v) is 4.93. The van der Waals surface area contributed by atoms with Gasteiger partial charge in [0.15, 0.2) is 5.11 Å². The predicted molar refractivity (Wildman–Crippen MR) is 172 cm³/mol. The van der Waals surface area contributed by atoms with Crippen LogP contribution in [-0.2, 0) is 24.3 Å². The third-order valence-electron chi connectivity index (χ3n) is 6.92. The highest BCUT2D eigenvalue weighted by atomic mass is 35.5. The van der Waals surface area contributed by atoms with E-state index in [1.165, 1.54) is 0 Å². The second-order valence-electron chi connectivity index (χ2n) is 10.7. The van der Waals surface area contributed by atoms with Crippen LogP contribution in [0.5, 0.6) is 0 Å². The van der Waals surface area contributed by atoms with Crippen LogP contribution in [0.25, 0.3) is 0 Å². The topological polar surface area (TPSA) is 86.0 Å². The highest BCUT2D eigenvalue weighted by molar-refractivity contribution is 7.80. The summed E-state index contributed by atoms with van der Waals surface area (Å²) in [6.45, 7) is 7.04. The molecule has 4 aromatic rings. The molecule has 0 bridgehead atoms. The highest BCUT2D eigenvalue weighted by Gasteiger charge is 2.32. The first-order valence-corrected chi connectivity index (χ1v) is 14.5. The van der Waals surface area contributed by atoms with Crippen LogP contribution >= 0.6 is 35.4 Å². The SMILES string of the molecule is Cc1ccc(NC(=S)N(CC(C)(C)C(=O)Cc2cncn2Cc2ccc(C#N)cc2)NCc2cccc(Cl)c2Cl)cc1. The van der Waals surface area contributed by atoms with E-state index in [9.17, 15) is 4.79 Å². The van der Waals surface area contributed by atoms with Gasteiger partial charge in [0.1, 0.15) is 5.78 Å². The van der Waals surface area contributed by atoms with Crippen molar-refractivity contribution in [2.45, 2.75) is 40.3 Å². The van der Waals surface area contributed by atoms with E-state index >= 15 is 0 Å². The Bertz CT molecular complexity index is 1590. The zero-order valence-corrected chi connectivity index (χ0v) is 26.0. The first-order valence-electron chi connectivity index (χ1n) is 13.4. The molecule has 0 spiro atoms. The first-order chi connectivity index (χ1) is 20.1. The number of hydrogen-bond donors (Lipinski definition) is 2. The lowest BCUT2D eigenvalue weighted by atomic mass is 9.85. The summed E-state index contributed by atoms with van der Waals surface area (Å²) in [4.78, 5) is 18.0. The number of imidazole rings is 1. The van der Waals surface area contributed by atoms with Crippen molar-refractivity contribution in [3.63, 3.8) is 0 Å². The van der Waals surface area contributed by atoms with Crippen LogP contribution in [0.2, 0.25) is 10.0 Å². The van der Waals surface area contributed by atoms with Gasteiger partial charge < -0.3 is 9.88 Å². The molecule has 1 aromatic heterocycles. The minimum Gasteiger partial charge on any atom is -0.332 e. The number of ketones is 1. The molecule has 0 aliphatic rings. The molecule has 2 N–H and O–H groups in total. The quantitative estimate of drug-likeness (QED) is 0.139. The molecule has 7 nitrogen and oxygen atoms in total. The number of rotatable bonds is 11. The van der Waals surface area contributed by atoms with Crippen LogP contribution in [0.1, 0.15) is 41.8 Å². The lowest BCUT2D eigenvalue weighted by Crippen LogP contribution is -2.51. The van der Waals surface area contributed by atoms with E-state index < -0.39 is 5.41 Å². The first kappa shape index (κ1) is 31.2. The fraction of sp³-hybridized carbons (Fsp3) is 0.250. The number of hydrogen-bond acceptors (Lipinski definition) is 5. The van der Waals surface area contributed by atoms with Crippen LogP contribution in [-0.4, -0.2) is 32.0 Å². The van der Waals surface area contributed by atoms with Gasteiger partial charge in [0.25, 0.3) is 0 Å². The number of anilines is 1. The number of carbonyl (C=O) groups is 1. The summed E-state index contributed by atoms with van der Waals surface area (Å²) in [5, 5.41) is 15.5. The number of carbonyl (C=O) groups excluding carboxylic acids is 1. The molecule has 1 heterocycles. The van der Waals surface area contributed by atoms with Gasteiger partial charge in [-0.3, -0.25) is 9.80 Å². The van der Waals surface area contributed by atoms with E-state index in [2.05, 4.69) is 21.8 Å². The molecule has 0 amide bonds. The van der Waals surface area contributed by atoms with E-state index in [4.69, 9.17) is 40.7 Å². The number of benzene rings is 3. The molecule has 0 radical (unpaired) electrons. The standard InChI is InChI=1S/C32H32Cl2N6OS/c1-22-7-13-26(14-8-22)38-31(42)40(37-17-25-5-4-6-28(33)30(25)34)20-32(2,3)29(41)15-27-18-36-21-39(27)19-24-11-9-23(16-35)10-12-24/h4-14,18,21,37H,15,17,19-20H2,1-3H3,(H,38,42). The molecule has 0 saturated heterocycles. The number of Topliss-reactive ketones (excluding diaryl/α,β-unsaturated/α-hetero) is 1. The Morgan fingerprint density at radius 1 is 1.10 bits per heavy atom. The van der Waals surface area contributed by atoms with E-state index in [0.717, 1.165) is 28.1 Å². The third kappa shape index (κ3) is 8.17. The largest absolute Gasteiger partial charge is 0.332 e. The maximum absolute atomic E-state index is 13.7. The lowest BCUT2D eigenvalue weighted by molar-refractivity contribution is -0.127. The fourth-order valence-electron chi connectivity index (χ4n) is 4.30. The zero-order valence-electron chi connectivity index (χ0n) is 23.7. The molecule has 0 unspecified atom stereocenters. The number of nitrogens with one attached hydrogen (secondary N) is 2. The summed E-state index contributed by atoms with van der Waals surface area (Å²) >= 11 is 18.5. The number of nitriles is 1. The summed E-state index contributed by atoms with van der Waals surface area (Å²) < 4.78 is 1.95. The van der Waals surface area contributed by atoms with Gasteiger partial charge in [0.2, 0.25) is 0 Å². The van der Waals surface area contributed by atoms with Crippen molar-refractivity contribution in [3.8, 4) is 6.07 Å². The zero-order chi connectivity index (χ0) is 30.3. The Kier molecular flexibility index (Phi) is 10.4. The second-order valence-corrected chi connectivity index (χ2v) is 11.9. The Morgan fingerprint density at radius 2 is 1.81 bits per heavy atom. The minimum absolute atomic E-state index is 0.0369. The molecule has 0 saturated carbocycles. The molecular weight excluding hydrogens is 587 g/mol. The Balaban J connectivity index is 1.49. The smallest absolute Gasteiger partial charge is 0.188 e. The van der Waals surface area contributed by atoms with Crippen LogP contribution in [0.15, 0.2) is 79.3 Å². The van der Waals surface area contributed by atoms with Crippen molar-refractivity contribution in [3.05, 3.63) is 117 Å². The van der Waals surface area contributed by atoms with Crippen molar-refractivity contribution < 1.29 is 4.79 Å². The summed E-state index contributed by atoms with van der Waals surface area (Å²) in [5.74, 6) is 0.0369. The van der Waals surface area contributed by atoms with Gasteiger partial charge in [-0.25, -0.2) is 10.4 Å². The van der Waals surface area contributed by atoms with Crippen molar-refractivity contribution >= 4 is 52.0 Å². The van der Waals surface area contributed by atoms with Crippen molar-refractivity contribution in [1.29, 1.82) is 5.26 Å². The van der Waals surface area contributed by atoms with Gasteiger partial charge in [-0.2, -0.15) is 5.26 Å². The predicted octanol–water partition coefficient (Wildman–Crippen LogP) is 6.96. The van der Waals surface area contributed by atoms with E-state index in [-0.39, 0.29) is 12.2 Å². The average molecular weight is 620 g/mol. The molecule has 0 fully saturated rings. The molecule has 42 heavy (non-hydrogen) atoms. The number of nitrogens with zero attached hydrogens (tertiary/aromatic N) is 4. The summed E-state index contributed by atoms with van der Waals surface area (Å²) in [6.07, 6.45) is 3.64. The Morgan fingerprint density at radius 3 is 2.50 bits per heavy atom. The van der Waals surface area contributed by atoms with Crippen molar-refractivity contribution in [1.82, 2.24) is 20.0 Å². The van der Waals surface area contributed by atoms with Crippen LogP contribution in [0.3, 0.4) is 0 Å². The van der Waals surface area contributed by atoms with Crippen LogP contribution < -0.4 is 10.7 Å². The molecule has 0 atom stereocenters. The third-order valence-corrected chi connectivity index (χ3v) is 8.10. The van der Waals surface area contributed by atoms with Gasteiger partial charge in [-0.05, 0) is 60.6 Å². The monoisotopic (exact) mass is 618 g/mol. The summed E-state index contributed by atoms with van der Waals surface area (Å²) in [6, 6.07) is 22.9. The van der Waals surface area contributed by atoms with Gasteiger partial charge in [0.05, 0.1) is 28.0 Å². The molecule has 0 aliphatic carbocycles. The van der Waals surface area contributed by atoms with E-state index in [0.29, 0.717) is 40.4 Å².